The first-order valence-corrected chi connectivity index (χ1v) is 20.1. The first-order valence-electron chi connectivity index (χ1n) is 20.1. The normalized spacial score (nSPS) is 22.0. The molecule has 2 heterocycles. The number of fused-ring (bicyclic) bond motifs is 3. The van der Waals surface area contributed by atoms with Crippen LogP contribution >= 0.6 is 0 Å². The largest absolute Gasteiger partial charge is 0.444 e. The predicted octanol–water partition coefficient (Wildman–Crippen LogP) is 10.1. The third-order valence-corrected chi connectivity index (χ3v) is 11.5. The molecule has 2 amide bonds. The van der Waals surface area contributed by atoms with Gasteiger partial charge in [-0.15, -0.1) is 0 Å². The summed E-state index contributed by atoms with van der Waals surface area (Å²) in [5.41, 5.74) is 7.57. The topological polar surface area (TPSA) is 134 Å². The summed E-state index contributed by atoms with van der Waals surface area (Å²) < 4.78 is 10.9. The summed E-state index contributed by atoms with van der Waals surface area (Å²) in [5.74, 6) is 3.63. The predicted molar refractivity (Wildman–Crippen MR) is 222 cm³/mol. The quantitative estimate of drug-likeness (QED) is 0.110. The number of nitrogens with one attached hydrogen (secondary N) is 4. The number of ether oxygens (including phenoxy) is 2. The van der Waals surface area contributed by atoms with Crippen molar-refractivity contribution in [1.82, 2.24) is 30.6 Å². The van der Waals surface area contributed by atoms with Crippen molar-refractivity contribution in [2.45, 2.75) is 104 Å². The van der Waals surface area contributed by atoms with E-state index in [1.165, 1.54) is 10.8 Å². The molecule has 6 aromatic rings. The molecule has 6 atom stereocenters. The summed E-state index contributed by atoms with van der Waals surface area (Å²) in [6.07, 6.45) is 2.88. The summed E-state index contributed by atoms with van der Waals surface area (Å²) in [5, 5.41) is 8.45. The van der Waals surface area contributed by atoms with Gasteiger partial charge in [-0.1, -0.05) is 50.2 Å². The number of aromatic amines is 2. The van der Waals surface area contributed by atoms with Crippen molar-refractivity contribution >= 4 is 45.0 Å². The van der Waals surface area contributed by atoms with Gasteiger partial charge in [-0.3, -0.25) is 0 Å². The third kappa shape index (κ3) is 8.39. The van der Waals surface area contributed by atoms with Gasteiger partial charge in [-0.25, -0.2) is 19.6 Å². The van der Waals surface area contributed by atoms with Crippen molar-refractivity contribution in [3.05, 3.63) is 84.4 Å². The number of amides is 2. The number of carbonyl (C=O) groups excluding carboxylic acids is 2. The van der Waals surface area contributed by atoms with Crippen LogP contribution < -0.4 is 10.6 Å². The average molecular weight is 755 g/mol. The minimum absolute atomic E-state index is 0.150. The Kier molecular flexibility index (Phi) is 9.58. The Labute approximate surface area is 328 Å². The van der Waals surface area contributed by atoms with E-state index in [4.69, 9.17) is 19.4 Å². The second-order valence-corrected chi connectivity index (χ2v) is 18.1. The average Bonchev–Trinajstić information content (AvgIpc) is 3.71. The number of carbonyl (C=O) groups is 2. The molecule has 292 valence electrons. The summed E-state index contributed by atoms with van der Waals surface area (Å²) in [7, 11) is 0. The smallest absolute Gasteiger partial charge is 0.407 e. The molecule has 0 bridgehead atoms. The first kappa shape index (κ1) is 37.5. The van der Waals surface area contributed by atoms with E-state index < -0.39 is 11.2 Å². The van der Waals surface area contributed by atoms with Gasteiger partial charge in [-0.05, 0) is 147 Å². The van der Waals surface area contributed by atoms with Gasteiger partial charge in [0.1, 0.15) is 22.9 Å². The van der Waals surface area contributed by atoms with Crippen LogP contribution in [0.15, 0.2) is 72.8 Å². The molecule has 10 heteroatoms. The molecule has 0 spiro atoms. The second-order valence-electron chi connectivity index (χ2n) is 18.1. The molecule has 2 aromatic heterocycles. The highest BCUT2D eigenvalue weighted by Gasteiger charge is 2.48. The number of H-pyrrole nitrogens is 2. The van der Waals surface area contributed by atoms with E-state index >= 15 is 0 Å². The lowest BCUT2D eigenvalue weighted by Crippen LogP contribution is -2.34. The molecule has 0 radical (unpaired) electrons. The highest BCUT2D eigenvalue weighted by Crippen LogP contribution is 2.43. The monoisotopic (exact) mass is 754 g/mol. The lowest BCUT2D eigenvalue weighted by Gasteiger charge is -2.19. The standard InChI is InChI=1S/C46H54N6O4/c1-25-33(41(25)51-43(53)55-45(3,4)5)15-19-39-47-35-17-13-31(23-37(35)49-39)29-11-9-28-22-30(12-10-27(28)21-29)32-14-18-36-38(24-32)50-40(48-36)20-16-34-26(2)42(34)52-44(54)56-46(6,7)8/h9-14,17-18,21-26,33-34,41-42H,15-16,19-20H2,1-8H3,(H,47,49)(H,48,50)(H,51,53)(H,52,54). The number of hydrogen-bond acceptors (Lipinski definition) is 6. The Morgan fingerprint density at radius 3 is 1.36 bits per heavy atom. The molecule has 0 aliphatic heterocycles. The fourth-order valence-corrected chi connectivity index (χ4v) is 8.27. The first-order chi connectivity index (χ1) is 26.6. The molecule has 6 unspecified atom stereocenters. The third-order valence-electron chi connectivity index (χ3n) is 11.5. The molecule has 2 aliphatic rings. The lowest BCUT2D eigenvalue weighted by molar-refractivity contribution is 0.0507. The van der Waals surface area contributed by atoms with Gasteiger partial charge in [0, 0.05) is 24.9 Å². The van der Waals surface area contributed by atoms with E-state index in [0.29, 0.717) is 23.7 Å². The zero-order valence-corrected chi connectivity index (χ0v) is 33.7. The zero-order valence-electron chi connectivity index (χ0n) is 33.7. The van der Waals surface area contributed by atoms with Crippen molar-refractivity contribution in [1.29, 1.82) is 0 Å². The summed E-state index contributed by atoms with van der Waals surface area (Å²) >= 11 is 0. The number of aromatic nitrogens is 4. The van der Waals surface area contributed by atoms with E-state index in [1.54, 1.807) is 0 Å². The van der Waals surface area contributed by atoms with E-state index in [9.17, 15) is 9.59 Å². The summed E-state index contributed by atoms with van der Waals surface area (Å²) in [6.45, 7) is 15.6. The number of benzene rings is 4. The van der Waals surface area contributed by atoms with Crippen LogP contribution in [0.25, 0.3) is 55.1 Å². The number of rotatable bonds is 10. The van der Waals surface area contributed by atoms with Crippen LogP contribution in [-0.2, 0) is 22.3 Å². The van der Waals surface area contributed by atoms with Crippen LogP contribution in [0.5, 0.6) is 0 Å². The maximum absolute atomic E-state index is 12.2. The zero-order chi connectivity index (χ0) is 39.5. The minimum Gasteiger partial charge on any atom is -0.444 e. The van der Waals surface area contributed by atoms with Crippen LogP contribution in [0, 0.1) is 23.7 Å². The van der Waals surface area contributed by atoms with E-state index in [2.05, 4.69) is 107 Å². The van der Waals surface area contributed by atoms with Gasteiger partial charge in [-0.2, -0.15) is 0 Å². The van der Waals surface area contributed by atoms with Gasteiger partial charge in [0.05, 0.1) is 22.1 Å². The molecular weight excluding hydrogens is 701 g/mol. The molecule has 2 fully saturated rings. The Balaban J connectivity index is 0.887. The van der Waals surface area contributed by atoms with E-state index in [1.807, 2.05) is 41.5 Å². The number of aryl methyl sites for hydroxylation is 2. The van der Waals surface area contributed by atoms with Crippen molar-refractivity contribution in [2.24, 2.45) is 23.7 Å². The fraction of sp³-hybridized carbons (Fsp3) is 0.435. The van der Waals surface area contributed by atoms with Crippen LogP contribution in [-0.4, -0.2) is 55.4 Å². The van der Waals surface area contributed by atoms with Gasteiger partial charge >= 0.3 is 12.2 Å². The Morgan fingerprint density at radius 2 is 0.964 bits per heavy atom. The van der Waals surface area contributed by atoms with Crippen LogP contribution in [0.4, 0.5) is 9.59 Å². The molecule has 4 N–H and O–H groups in total. The molecule has 4 aromatic carbocycles. The van der Waals surface area contributed by atoms with Crippen molar-refractivity contribution in [3.63, 3.8) is 0 Å². The Morgan fingerprint density at radius 1 is 0.589 bits per heavy atom. The Hall–Kier alpha value is -5.38. The van der Waals surface area contributed by atoms with Crippen molar-refractivity contribution < 1.29 is 19.1 Å². The van der Waals surface area contributed by atoms with Crippen molar-refractivity contribution in [2.75, 3.05) is 0 Å². The molecule has 2 aliphatic carbocycles. The maximum Gasteiger partial charge on any atom is 0.407 e. The van der Waals surface area contributed by atoms with E-state index in [0.717, 1.165) is 81.7 Å². The molecular formula is C46H54N6O4. The molecule has 10 nitrogen and oxygen atoms in total. The van der Waals surface area contributed by atoms with Crippen molar-refractivity contribution in [3.8, 4) is 22.3 Å². The van der Waals surface area contributed by atoms with Gasteiger partial charge in [0.15, 0.2) is 0 Å². The Bertz CT molecular complexity index is 2260. The van der Waals surface area contributed by atoms with Gasteiger partial charge in [0.25, 0.3) is 0 Å². The highest BCUT2D eigenvalue weighted by atomic mass is 16.6. The molecule has 8 rings (SSSR count). The number of imidazole rings is 2. The summed E-state index contributed by atoms with van der Waals surface area (Å²) in [4.78, 5) is 41.3. The van der Waals surface area contributed by atoms with Crippen LogP contribution in [0.2, 0.25) is 0 Å². The maximum atomic E-state index is 12.2. The van der Waals surface area contributed by atoms with Gasteiger partial charge < -0.3 is 30.1 Å². The fourth-order valence-electron chi connectivity index (χ4n) is 8.27. The van der Waals surface area contributed by atoms with E-state index in [-0.39, 0.29) is 24.3 Å². The lowest BCUT2D eigenvalue weighted by atomic mass is 9.97. The van der Waals surface area contributed by atoms with Gasteiger partial charge in [0.2, 0.25) is 0 Å². The summed E-state index contributed by atoms with van der Waals surface area (Å²) in [6, 6.07) is 26.4. The number of hydrogen-bond donors (Lipinski definition) is 4. The number of nitrogens with zero attached hydrogens (tertiary/aromatic N) is 2. The SMILES string of the molecule is CC1C(CCc2nc3ccc(-c4ccc5cc(-c6ccc7nc(CCC8C(C)C8NC(=O)OC(C)(C)C)[nH]c7c6)ccc5c4)cc3[nH]2)C1NC(=O)OC(C)(C)C. The van der Waals surface area contributed by atoms with Crippen LogP contribution in [0.1, 0.15) is 79.9 Å². The minimum atomic E-state index is -0.502. The molecule has 2 saturated carbocycles. The molecule has 0 saturated heterocycles. The highest BCUT2D eigenvalue weighted by molar-refractivity contribution is 5.93. The second kappa shape index (κ2) is 14.3. The number of alkyl carbamates (subject to hydrolysis) is 2. The molecule has 56 heavy (non-hydrogen) atoms. The van der Waals surface area contributed by atoms with Crippen LogP contribution in [0.3, 0.4) is 0 Å².